The van der Waals surface area contributed by atoms with Crippen LogP contribution in [0.4, 0.5) is 0 Å². The molecule has 42 heavy (non-hydrogen) atoms. The van der Waals surface area contributed by atoms with Crippen molar-refractivity contribution in [2.24, 2.45) is 0 Å². The maximum atomic E-state index is 13.2. The molecule has 5 heteroatoms. The van der Waals surface area contributed by atoms with Crippen molar-refractivity contribution in [2.45, 2.75) is 168 Å². The van der Waals surface area contributed by atoms with Crippen molar-refractivity contribution in [2.75, 3.05) is 66.5 Å². The van der Waals surface area contributed by atoms with Crippen molar-refractivity contribution in [3.63, 3.8) is 0 Å². The zero-order valence-corrected chi connectivity index (χ0v) is 29.7. The molecule has 0 heterocycles. The first kappa shape index (κ1) is 41.4. The molecule has 0 aromatic rings. The predicted molar refractivity (Wildman–Crippen MR) is 188 cm³/mol. The zero-order chi connectivity index (χ0) is 30.9. The molecule has 252 valence electrons. The average Bonchev–Trinajstić information content (AvgIpc) is 2.99. The molecule has 0 saturated heterocycles. The molecule has 1 N–H and O–H groups in total. The Kier molecular flexibility index (Phi) is 32.7. The third kappa shape index (κ3) is 28.1. The molecule has 0 aliphatic heterocycles. The Balaban J connectivity index is 4.86. The highest BCUT2D eigenvalue weighted by molar-refractivity contribution is 5.77. The van der Waals surface area contributed by atoms with E-state index in [1.165, 1.54) is 148 Å². The quantitative estimate of drug-likeness (QED) is 0.0754. The summed E-state index contributed by atoms with van der Waals surface area (Å²) in [7, 11) is 4.00. The maximum Gasteiger partial charge on any atom is 0.236 e. The van der Waals surface area contributed by atoms with Gasteiger partial charge in [-0.3, -0.25) is 9.69 Å². The van der Waals surface area contributed by atoms with E-state index in [1.807, 2.05) is 19.0 Å². The van der Waals surface area contributed by atoms with Crippen molar-refractivity contribution in [3.8, 4) is 0 Å². The van der Waals surface area contributed by atoms with Crippen LogP contribution in [0.15, 0.2) is 0 Å². The van der Waals surface area contributed by atoms with Gasteiger partial charge in [0.15, 0.2) is 0 Å². The minimum Gasteiger partial charge on any atom is -0.345 e. The molecule has 0 aromatic carbocycles. The van der Waals surface area contributed by atoms with Crippen LogP contribution < -0.4 is 5.32 Å². The summed E-state index contributed by atoms with van der Waals surface area (Å²) in [5.74, 6) is 0.299. The lowest BCUT2D eigenvalue weighted by molar-refractivity contribution is -0.131. The van der Waals surface area contributed by atoms with E-state index in [0.717, 1.165) is 45.6 Å². The van der Waals surface area contributed by atoms with Gasteiger partial charge >= 0.3 is 0 Å². The van der Waals surface area contributed by atoms with E-state index < -0.39 is 0 Å². The molecule has 0 rings (SSSR count). The molecule has 0 fully saturated rings. The largest absolute Gasteiger partial charge is 0.345 e. The molecular formula is C37H78N4O. The molecule has 0 atom stereocenters. The first-order chi connectivity index (χ1) is 20.6. The second kappa shape index (κ2) is 33.2. The van der Waals surface area contributed by atoms with Crippen LogP contribution in [0.1, 0.15) is 168 Å². The number of rotatable bonds is 34. The fourth-order valence-electron chi connectivity index (χ4n) is 5.85. The lowest BCUT2D eigenvalue weighted by Gasteiger charge is -2.29. The number of carbonyl (C=O) groups is 1. The first-order valence-corrected chi connectivity index (χ1v) is 18.9. The van der Waals surface area contributed by atoms with E-state index in [0.29, 0.717) is 12.5 Å². The monoisotopic (exact) mass is 595 g/mol. The smallest absolute Gasteiger partial charge is 0.236 e. The summed E-state index contributed by atoms with van der Waals surface area (Å²) >= 11 is 0. The summed E-state index contributed by atoms with van der Waals surface area (Å²) in [5.41, 5.74) is 0. The van der Waals surface area contributed by atoms with Crippen LogP contribution >= 0.6 is 0 Å². The molecule has 0 aliphatic rings. The number of hydrogen-bond acceptors (Lipinski definition) is 4. The van der Waals surface area contributed by atoms with Gasteiger partial charge in [0, 0.05) is 26.7 Å². The van der Waals surface area contributed by atoms with Gasteiger partial charge in [-0.15, -0.1) is 0 Å². The van der Waals surface area contributed by atoms with Gasteiger partial charge in [0.25, 0.3) is 0 Å². The van der Waals surface area contributed by atoms with E-state index >= 15 is 0 Å². The van der Waals surface area contributed by atoms with Gasteiger partial charge in [0.05, 0.1) is 6.54 Å². The van der Waals surface area contributed by atoms with Gasteiger partial charge in [0.2, 0.25) is 5.91 Å². The van der Waals surface area contributed by atoms with Crippen LogP contribution in [0.2, 0.25) is 0 Å². The Hall–Kier alpha value is -0.650. The van der Waals surface area contributed by atoms with Gasteiger partial charge < -0.3 is 15.1 Å². The predicted octanol–water partition coefficient (Wildman–Crippen LogP) is 9.30. The van der Waals surface area contributed by atoms with Crippen LogP contribution in [0.25, 0.3) is 0 Å². The number of nitrogens with zero attached hydrogens (tertiary/aromatic N) is 3. The lowest BCUT2D eigenvalue weighted by atomic mass is 10.1. The van der Waals surface area contributed by atoms with E-state index in [-0.39, 0.29) is 0 Å². The number of likely N-dealkylation sites (N-methyl/N-ethyl adjacent to an activating group) is 1. The van der Waals surface area contributed by atoms with E-state index in [2.05, 4.69) is 35.9 Å². The van der Waals surface area contributed by atoms with Crippen molar-refractivity contribution in [1.82, 2.24) is 20.0 Å². The number of amides is 1. The molecule has 0 aromatic heterocycles. The van der Waals surface area contributed by atoms with Crippen molar-refractivity contribution >= 4 is 5.91 Å². The molecule has 0 bridgehead atoms. The third-order valence-corrected chi connectivity index (χ3v) is 8.92. The van der Waals surface area contributed by atoms with Crippen molar-refractivity contribution in [1.29, 1.82) is 0 Å². The first-order valence-electron chi connectivity index (χ1n) is 18.9. The Morgan fingerprint density at radius 2 is 0.810 bits per heavy atom. The number of unbranched alkanes of at least 4 members (excludes halogenated alkanes) is 19. The number of hydrogen-bond donors (Lipinski definition) is 1. The van der Waals surface area contributed by atoms with E-state index in [9.17, 15) is 4.79 Å². The normalized spacial score (nSPS) is 11.7. The molecule has 0 saturated carbocycles. The summed E-state index contributed by atoms with van der Waals surface area (Å²) in [6, 6.07) is 0. The highest BCUT2D eigenvalue weighted by Gasteiger charge is 2.16. The highest BCUT2D eigenvalue weighted by atomic mass is 16.2. The van der Waals surface area contributed by atoms with Gasteiger partial charge in [0.1, 0.15) is 0 Å². The topological polar surface area (TPSA) is 38.8 Å². The zero-order valence-electron chi connectivity index (χ0n) is 29.7. The SMILES string of the molecule is CCCCCCCCCN(CCCCCCCCC)CCN(CCCCCCCCC)CC(=O)N(C)CCCCNC. The molecule has 0 unspecified atom stereocenters. The van der Waals surface area contributed by atoms with Crippen LogP contribution in [-0.2, 0) is 4.79 Å². The Morgan fingerprint density at radius 1 is 0.452 bits per heavy atom. The molecule has 5 nitrogen and oxygen atoms in total. The lowest BCUT2D eigenvalue weighted by Crippen LogP contribution is -2.43. The second-order valence-electron chi connectivity index (χ2n) is 13.1. The van der Waals surface area contributed by atoms with E-state index in [1.54, 1.807) is 0 Å². The van der Waals surface area contributed by atoms with Gasteiger partial charge in [-0.25, -0.2) is 0 Å². The third-order valence-electron chi connectivity index (χ3n) is 8.92. The van der Waals surface area contributed by atoms with E-state index in [4.69, 9.17) is 0 Å². The van der Waals surface area contributed by atoms with Crippen molar-refractivity contribution < 1.29 is 4.79 Å². The summed E-state index contributed by atoms with van der Waals surface area (Å²) < 4.78 is 0. The van der Waals surface area contributed by atoms with Crippen LogP contribution in [-0.4, -0.2) is 87.1 Å². The van der Waals surface area contributed by atoms with Crippen molar-refractivity contribution in [3.05, 3.63) is 0 Å². The van der Waals surface area contributed by atoms with Crippen LogP contribution in [0, 0.1) is 0 Å². The molecule has 0 spiro atoms. The summed E-state index contributed by atoms with van der Waals surface area (Å²) in [6.07, 6.45) is 30.7. The van der Waals surface area contributed by atoms with Crippen LogP contribution in [0.5, 0.6) is 0 Å². The summed E-state index contributed by atoms with van der Waals surface area (Å²) in [6.45, 7) is 15.0. The summed E-state index contributed by atoms with van der Waals surface area (Å²) in [5, 5.41) is 3.22. The van der Waals surface area contributed by atoms with Gasteiger partial charge in [-0.2, -0.15) is 0 Å². The standard InChI is InChI=1S/C37H78N4O/c1-6-9-12-15-18-21-25-31-40(32-26-22-19-16-13-10-7-2)34-35-41(33-27-23-20-17-14-11-8-3)36-37(42)39(5)30-28-24-29-38-4/h38H,6-36H2,1-5H3. The number of carbonyl (C=O) groups excluding carboxylic acids is 1. The molecule has 1 amide bonds. The van der Waals surface area contributed by atoms with Gasteiger partial charge in [-0.1, -0.05) is 136 Å². The maximum absolute atomic E-state index is 13.2. The average molecular weight is 595 g/mol. The molecule has 0 aliphatic carbocycles. The Bertz CT molecular complexity index is 526. The molecule has 0 radical (unpaired) electrons. The minimum absolute atomic E-state index is 0.299. The Morgan fingerprint density at radius 3 is 1.24 bits per heavy atom. The minimum atomic E-state index is 0.299. The fourth-order valence-corrected chi connectivity index (χ4v) is 5.85. The Labute approximate surface area is 265 Å². The number of nitrogens with one attached hydrogen (secondary N) is 1. The molecular weight excluding hydrogens is 516 g/mol. The van der Waals surface area contributed by atoms with Crippen LogP contribution in [0.3, 0.4) is 0 Å². The highest BCUT2D eigenvalue weighted by Crippen LogP contribution is 2.12. The summed E-state index contributed by atoms with van der Waals surface area (Å²) in [4.78, 5) is 20.4. The van der Waals surface area contributed by atoms with Gasteiger partial charge in [-0.05, 0) is 65.3 Å². The second-order valence-corrected chi connectivity index (χ2v) is 13.1. The fraction of sp³-hybridized carbons (Fsp3) is 0.973.